The van der Waals surface area contributed by atoms with Crippen LogP contribution in [0.5, 0.6) is 0 Å². The highest BCUT2D eigenvalue weighted by Crippen LogP contribution is 2.36. The Bertz CT molecular complexity index is 607. The Labute approximate surface area is 98.0 Å². The third kappa shape index (κ3) is 1.62. The van der Waals surface area contributed by atoms with Gasteiger partial charge in [0.05, 0.1) is 9.95 Å². The van der Waals surface area contributed by atoms with Crippen molar-refractivity contribution < 1.29 is 14.8 Å². The van der Waals surface area contributed by atoms with E-state index >= 15 is 0 Å². The predicted molar refractivity (Wildman–Crippen MR) is 60.4 cm³/mol. The van der Waals surface area contributed by atoms with E-state index in [9.17, 15) is 14.9 Å². The van der Waals surface area contributed by atoms with Gasteiger partial charge in [-0.05, 0) is 6.07 Å². The van der Waals surface area contributed by atoms with Crippen LogP contribution in [-0.2, 0) is 0 Å². The summed E-state index contributed by atoms with van der Waals surface area (Å²) < 4.78 is 0.497. The van der Waals surface area contributed by atoms with Crippen LogP contribution < -0.4 is 0 Å². The van der Waals surface area contributed by atoms with Crippen molar-refractivity contribution in [2.24, 2.45) is 0 Å². The van der Waals surface area contributed by atoms with E-state index < -0.39 is 10.9 Å². The highest BCUT2D eigenvalue weighted by Gasteiger charge is 2.18. The first-order chi connectivity index (χ1) is 7.50. The maximum Gasteiger partial charge on any atom is 0.347 e. The molecule has 2 rings (SSSR count). The predicted octanol–water partition coefficient (Wildman–Crippen LogP) is 3.16. The number of nitro groups is 1. The van der Waals surface area contributed by atoms with Crippen LogP contribution in [0.3, 0.4) is 0 Å². The van der Waals surface area contributed by atoms with Crippen molar-refractivity contribution in [1.29, 1.82) is 0 Å². The lowest BCUT2D eigenvalue weighted by Crippen LogP contribution is -1.91. The Morgan fingerprint density at radius 3 is 2.75 bits per heavy atom. The van der Waals surface area contributed by atoms with Crippen LogP contribution in [0.25, 0.3) is 10.1 Å². The number of nitrogens with zero attached hydrogens (tertiary/aromatic N) is 1. The van der Waals surface area contributed by atoms with Crippen LogP contribution in [-0.4, -0.2) is 16.0 Å². The molecule has 0 radical (unpaired) electrons. The molecule has 16 heavy (non-hydrogen) atoms. The first kappa shape index (κ1) is 10.8. The molecule has 7 heteroatoms. The molecule has 1 aromatic carbocycles. The van der Waals surface area contributed by atoms with Gasteiger partial charge in [-0.15, -0.1) is 11.3 Å². The zero-order chi connectivity index (χ0) is 11.9. The largest absolute Gasteiger partial charge is 0.477 e. The number of carboxylic acid groups (broad SMARTS) is 1. The summed E-state index contributed by atoms with van der Waals surface area (Å²) in [6.07, 6.45) is 0. The third-order valence-corrected chi connectivity index (χ3v) is 3.66. The summed E-state index contributed by atoms with van der Waals surface area (Å²) in [6, 6.07) is 4.07. The number of nitro benzene ring substituents is 1. The molecule has 0 saturated heterocycles. The van der Waals surface area contributed by atoms with Crippen LogP contribution in [0.2, 0.25) is 5.02 Å². The first-order valence-electron chi connectivity index (χ1n) is 4.10. The van der Waals surface area contributed by atoms with Gasteiger partial charge in [0.1, 0.15) is 4.88 Å². The molecule has 82 valence electrons. The average Bonchev–Trinajstić information content (AvgIpc) is 2.55. The quantitative estimate of drug-likeness (QED) is 0.662. The minimum Gasteiger partial charge on any atom is -0.477 e. The number of halogens is 1. The molecular formula is C9H4ClNO4S. The monoisotopic (exact) mass is 257 g/mol. The molecule has 0 atom stereocenters. The maximum atomic E-state index is 10.8. The van der Waals surface area contributed by atoms with E-state index in [1.807, 2.05) is 0 Å². The fraction of sp³-hybridized carbons (Fsp3) is 0. The van der Waals surface area contributed by atoms with Gasteiger partial charge in [-0.2, -0.15) is 0 Å². The number of fused-ring (bicyclic) bond motifs is 1. The van der Waals surface area contributed by atoms with Crippen LogP contribution in [0.15, 0.2) is 18.2 Å². The summed E-state index contributed by atoms with van der Waals surface area (Å²) in [7, 11) is 0. The van der Waals surface area contributed by atoms with Gasteiger partial charge < -0.3 is 5.11 Å². The van der Waals surface area contributed by atoms with Crippen LogP contribution in [0.4, 0.5) is 5.69 Å². The highest BCUT2D eigenvalue weighted by atomic mass is 35.5. The smallest absolute Gasteiger partial charge is 0.347 e. The molecule has 0 amide bonds. The molecule has 2 aromatic rings. The molecule has 0 aliphatic carbocycles. The molecule has 0 saturated carbocycles. The van der Waals surface area contributed by atoms with Gasteiger partial charge in [-0.25, -0.2) is 4.79 Å². The van der Waals surface area contributed by atoms with E-state index in [0.717, 1.165) is 11.3 Å². The summed E-state index contributed by atoms with van der Waals surface area (Å²) in [5, 5.41) is 20.0. The summed E-state index contributed by atoms with van der Waals surface area (Å²) >= 11 is 6.77. The van der Waals surface area contributed by atoms with E-state index in [1.165, 1.54) is 18.2 Å². The topological polar surface area (TPSA) is 80.4 Å². The lowest BCUT2D eigenvalue weighted by atomic mass is 10.2. The molecule has 0 spiro atoms. The fourth-order valence-corrected chi connectivity index (χ4v) is 2.69. The second-order valence-corrected chi connectivity index (χ2v) is 4.42. The highest BCUT2D eigenvalue weighted by molar-refractivity contribution is 7.21. The van der Waals surface area contributed by atoms with E-state index in [1.54, 1.807) is 0 Å². The van der Waals surface area contributed by atoms with Crippen molar-refractivity contribution in [2.45, 2.75) is 0 Å². The van der Waals surface area contributed by atoms with E-state index in [-0.39, 0.29) is 15.6 Å². The van der Waals surface area contributed by atoms with Gasteiger partial charge >= 0.3 is 5.97 Å². The molecule has 0 unspecified atom stereocenters. The van der Waals surface area contributed by atoms with Crippen molar-refractivity contribution in [2.75, 3.05) is 0 Å². The molecule has 0 bridgehead atoms. The third-order valence-electron chi connectivity index (χ3n) is 2.02. The van der Waals surface area contributed by atoms with Crippen molar-refractivity contribution in [1.82, 2.24) is 0 Å². The van der Waals surface area contributed by atoms with Gasteiger partial charge in [0.15, 0.2) is 0 Å². The Morgan fingerprint density at radius 1 is 1.50 bits per heavy atom. The summed E-state index contributed by atoms with van der Waals surface area (Å²) in [5.74, 6) is -1.13. The number of thiophene rings is 1. The molecule has 0 aliphatic heterocycles. The molecule has 5 nitrogen and oxygen atoms in total. The van der Waals surface area contributed by atoms with Crippen LogP contribution in [0, 0.1) is 10.1 Å². The number of non-ortho nitro benzene ring substituents is 1. The van der Waals surface area contributed by atoms with Gasteiger partial charge in [-0.3, -0.25) is 10.1 Å². The van der Waals surface area contributed by atoms with Crippen molar-refractivity contribution in [3.05, 3.63) is 38.2 Å². The lowest BCUT2D eigenvalue weighted by molar-refractivity contribution is -0.384. The Hall–Kier alpha value is -1.66. The number of benzene rings is 1. The van der Waals surface area contributed by atoms with Gasteiger partial charge in [-0.1, -0.05) is 11.6 Å². The standard InChI is InChI=1S/C9H4ClNO4S/c10-7-5-2-1-4(11(14)15)3-6(5)16-8(7)9(12)13/h1-3H,(H,12,13). The lowest BCUT2D eigenvalue weighted by Gasteiger charge is -1.91. The number of hydrogen-bond donors (Lipinski definition) is 1. The van der Waals surface area contributed by atoms with E-state index in [2.05, 4.69) is 0 Å². The second-order valence-electron chi connectivity index (χ2n) is 2.99. The zero-order valence-electron chi connectivity index (χ0n) is 7.64. The zero-order valence-corrected chi connectivity index (χ0v) is 9.21. The number of carboxylic acids is 1. The Morgan fingerprint density at radius 2 is 2.19 bits per heavy atom. The molecule has 1 N–H and O–H groups in total. The number of carbonyl (C=O) groups is 1. The van der Waals surface area contributed by atoms with Gasteiger partial charge in [0.25, 0.3) is 5.69 Å². The fourth-order valence-electron chi connectivity index (χ4n) is 1.30. The minimum absolute atomic E-state index is 0.00263. The number of hydrogen-bond acceptors (Lipinski definition) is 4. The van der Waals surface area contributed by atoms with Crippen LogP contribution >= 0.6 is 22.9 Å². The minimum atomic E-state index is -1.13. The number of aromatic carboxylic acids is 1. The maximum absolute atomic E-state index is 10.8. The van der Waals surface area contributed by atoms with Crippen LogP contribution in [0.1, 0.15) is 9.67 Å². The SMILES string of the molecule is O=C(O)c1sc2cc([N+](=O)[O-])ccc2c1Cl. The summed E-state index contributed by atoms with van der Waals surface area (Å²) in [5.41, 5.74) is -0.0812. The first-order valence-corrected chi connectivity index (χ1v) is 5.30. The molecular weight excluding hydrogens is 254 g/mol. The molecule has 1 aromatic heterocycles. The Kier molecular flexibility index (Phi) is 2.53. The second kappa shape index (κ2) is 3.73. The van der Waals surface area contributed by atoms with Crippen molar-refractivity contribution >= 4 is 44.7 Å². The van der Waals surface area contributed by atoms with Crippen molar-refractivity contribution in [3.8, 4) is 0 Å². The number of rotatable bonds is 2. The Balaban J connectivity index is 2.72. The summed E-state index contributed by atoms with van der Waals surface area (Å²) in [4.78, 5) is 20.8. The average molecular weight is 258 g/mol. The normalized spacial score (nSPS) is 10.6. The van der Waals surface area contributed by atoms with E-state index in [4.69, 9.17) is 16.7 Å². The molecule has 0 aliphatic rings. The molecule has 0 fully saturated rings. The van der Waals surface area contributed by atoms with Gasteiger partial charge in [0.2, 0.25) is 0 Å². The molecule has 1 heterocycles. The van der Waals surface area contributed by atoms with E-state index in [0.29, 0.717) is 10.1 Å². The van der Waals surface area contributed by atoms with Crippen molar-refractivity contribution in [3.63, 3.8) is 0 Å². The summed E-state index contributed by atoms with van der Waals surface area (Å²) in [6.45, 7) is 0. The van der Waals surface area contributed by atoms with Gasteiger partial charge in [0, 0.05) is 22.2 Å².